The van der Waals surface area contributed by atoms with Crippen molar-refractivity contribution in [3.8, 4) is 5.75 Å². The van der Waals surface area contributed by atoms with Gasteiger partial charge < -0.3 is 15.8 Å². The van der Waals surface area contributed by atoms with Gasteiger partial charge in [0, 0.05) is 4.88 Å². The lowest BCUT2D eigenvalue weighted by atomic mass is 9.88. The fourth-order valence-electron chi connectivity index (χ4n) is 3.24. The van der Waals surface area contributed by atoms with Crippen LogP contribution >= 0.6 is 23.6 Å². The van der Waals surface area contributed by atoms with Gasteiger partial charge in [-0.1, -0.05) is 19.1 Å². The van der Waals surface area contributed by atoms with Crippen LogP contribution in [0, 0.1) is 5.92 Å². The van der Waals surface area contributed by atoms with Gasteiger partial charge in [-0.05, 0) is 55.1 Å². The molecule has 0 aliphatic heterocycles. The van der Waals surface area contributed by atoms with E-state index in [1.807, 2.05) is 0 Å². The quantitative estimate of drug-likeness (QED) is 0.682. The highest BCUT2D eigenvalue weighted by Gasteiger charge is 2.27. The van der Waals surface area contributed by atoms with Crippen LogP contribution in [0.2, 0.25) is 0 Å². The van der Waals surface area contributed by atoms with Crippen LogP contribution in [0.5, 0.6) is 5.75 Å². The van der Waals surface area contributed by atoms with Crippen molar-refractivity contribution in [2.24, 2.45) is 11.7 Å². The number of hydrogen-bond donors (Lipinski definition) is 3. The van der Waals surface area contributed by atoms with Crippen LogP contribution in [0.15, 0.2) is 24.3 Å². The van der Waals surface area contributed by atoms with Crippen LogP contribution in [-0.4, -0.2) is 24.0 Å². The number of methoxy groups -OCH3 is 1. The predicted octanol–water partition coefficient (Wildman–Crippen LogP) is 3.11. The van der Waals surface area contributed by atoms with Crippen molar-refractivity contribution in [2.75, 3.05) is 12.4 Å². The van der Waals surface area contributed by atoms with Gasteiger partial charge >= 0.3 is 0 Å². The lowest BCUT2D eigenvalue weighted by Crippen LogP contribution is -2.34. The average Bonchev–Trinajstić information content (AvgIpc) is 2.98. The Labute approximate surface area is 167 Å². The molecule has 1 atom stereocenters. The summed E-state index contributed by atoms with van der Waals surface area (Å²) in [6, 6.07) is 6.87. The second kappa shape index (κ2) is 8.06. The number of nitrogens with two attached hydrogens (primary N) is 1. The van der Waals surface area contributed by atoms with Crippen molar-refractivity contribution in [2.45, 2.75) is 26.2 Å². The van der Waals surface area contributed by atoms with E-state index in [1.54, 1.807) is 24.3 Å². The number of ether oxygens (including phenoxy) is 1. The van der Waals surface area contributed by atoms with E-state index in [2.05, 4.69) is 17.6 Å². The number of anilines is 1. The van der Waals surface area contributed by atoms with E-state index in [0.717, 1.165) is 29.7 Å². The summed E-state index contributed by atoms with van der Waals surface area (Å²) >= 11 is 6.75. The van der Waals surface area contributed by atoms with E-state index in [0.29, 0.717) is 27.8 Å². The molecule has 4 N–H and O–H groups in total. The van der Waals surface area contributed by atoms with E-state index in [1.165, 1.54) is 18.4 Å². The van der Waals surface area contributed by atoms with Crippen molar-refractivity contribution in [1.82, 2.24) is 5.32 Å². The van der Waals surface area contributed by atoms with Gasteiger partial charge in [0.2, 0.25) is 0 Å². The predicted molar refractivity (Wildman–Crippen MR) is 111 cm³/mol. The van der Waals surface area contributed by atoms with Crippen molar-refractivity contribution in [3.05, 3.63) is 45.8 Å². The number of fused-ring (bicyclic) bond motifs is 1. The van der Waals surface area contributed by atoms with E-state index < -0.39 is 5.91 Å². The summed E-state index contributed by atoms with van der Waals surface area (Å²) in [4.78, 5) is 25.6. The van der Waals surface area contributed by atoms with Crippen molar-refractivity contribution < 1.29 is 14.3 Å². The highest BCUT2D eigenvalue weighted by molar-refractivity contribution is 7.80. The molecule has 8 heteroatoms. The van der Waals surface area contributed by atoms with Crippen LogP contribution in [0.25, 0.3) is 0 Å². The molecule has 1 aliphatic rings. The average molecular weight is 404 g/mol. The molecular formula is C19H21N3O3S2. The van der Waals surface area contributed by atoms with Gasteiger partial charge in [-0.3, -0.25) is 14.9 Å². The van der Waals surface area contributed by atoms with Crippen LogP contribution in [0.1, 0.15) is 44.5 Å². The number of hydrogen-bond acceptors (Lipinski definition) is 5. The van der Waals surface area contributed by atoms with Gasteiger partial charge in [0.25, 0.3) is 11.8 Å². The van der Waals surface area contributed by atoms with E-state index in [-0.39, 0.29) is 11.0 Å². The number of rotatable bonds is 4. The maximum atomic E-state index is 12.5. The Morgan fingerprint density at radius 1 is 1.33 bits per heavy atom. The first kappa shape index (κ1) is 19.3. The van der Waals surface area contributed by atoms with Crippen molar-refractivity contribution in [3.63, 3.8) is 0 Å². The van der Waals surface area contributed by atoms with Gasteiger partial charge in [-0.2, -0.15) is 0 Å². The second-order valence-corrected chi connectivity index (χ2v) is 8.04. The highest BCUT2D eigenvalue weighted by Crippen LogP contribution is 2.39. The molecule has 1 aromatic heterocycles. The fourth-order valence-corrected chi connectivity index (χ4v) is 4.92. The number of amides is 2. The molecule has 0 saturated carbocycles. The molecule has 1 unspecified atom stereocenters. The second-order valence-electron chi connectivity index (χ2n) is 6.53. The monoisotopic (exact) mass is 403 g/mol. The first-order valence-electron chi connectivity index (χ1n) is 8.60. The molecule has 1 aliphatic carbocycles. The first-order valence-corrected chi connectivity index (χ1v) is 9.82. The molecule has 27 heavy (non-hydrogen) atoms. The molecule has 0 bridgehead atoms. The van der Waals surface area contributed by atoms with E-state index >= 15 is 0 Å². The molecule has 1 heterocycles. The van der Waals surface area contributed by atoms with Crippen LogP contribution in [0.4, 0.5) is 5.00 Å². The lowest BCUT2D eigenvalue weighted by Gasteiger charge is -2.18. The first-order chi connectivity index (χ1) is 12.9. The van der Waals surface area contributed by atoms with E-state index in [4.69, 9.17) is 22.7 Å². The zero-order valence-electron chi connectivity index (χ0n) is 15.1. The summed E-state index contributed by atoms with van der Waals surface area (Å²) in [5.74, 6) is 0.155. The van der Waals surface area contributed by atoms with Gasteiger partial charge in [0.15, 0.2) is 5.11 Å². The molecule has 0 radical (unpaired) electrons. The summed E-state index contributed by atoms with van der Waals surface area (Å²) in [5, 5.41) is 6.31. The maximum absolute atomic E-state index is 12.5. The molecule has 0 fully saturated rings. The molecule has 6 nitrogen and oxygen atoms in total. The Hall–Kier alpha value is -2.45. The number of carbonyl (C=O) groups excluding carboxylic acids is 2. The molecule has 1 aromatic carbocycles. The molecule has 2 aromatic rings. The minimum atomic E-state index is -0.483. The molecule has 2 amide bonds. The van der Waals surface area contributed by atoms with Crippen LogP contribution in [0.3, 0.4) is 0 Å². The van der Waals surface area contributed by atoms with Crippen LogP contribution < -0.4 is 21.1 Å². The van der Waals surface area contributed by atoms with Crippen molar-refractivity contribution >= 4 is 45.5 Å². The molecule has 142 valence electrons. The third-order valence-electron chi connectivity index (χ3n) is 4.56. The standard InChI is InChI=1S/C19H21N3O3S2/c1-10-7-8-12-14(9-10)27-18(15(12)16(20)23)22-19(26)21-17(24)11-5-3-4-6-13(11)25-2/h3-6,10H,7-9H2,1-2H3,(H2,20,23)(H2,21,22,24,26). The highest BCUT2D eigenvalue weighted by atomic mass is 32.1. The zero-order chi connectivity index (χ0) is 19.6. The Bertz CT molecular complexity index is 908. The zero-order valence-corrected chi connectivity index (χ0v) is 16.8. The third kappa shape index (κ3) is 4.12. The van der Waals surface area contributed by atoms with Gasteiger partial charge in [-0.15, -0.1) is 11.3 Å². The smallest absolute Gasteiger partial charge is 0.261 e. The summed E-state index contributed by atoms with van der Waals surface area (Å²) < 4.78 is 5.20. The number of para-hydroxylation sites is 1. The van der Waals surface area contributed by atoms with Crippen LogP contribution in [-0.2, 0) is 12.8 Å². The molecule has 0 saturated heterocycles. The number of carbonyl (C=O) groups is 2. The SMILES string of the molecule is COc1ccccc1C(=O)NC(=S)Nc1sc2c(c1C(N)=O)CCC(C)C2. The normalized spacial score (nSPS) is 15.6. The Balaban J connectivity index is 1.78. The largest absolute Gasteiger partial charge is 0.496 e. The fraction of sp³-hybridized carbons (Fsp3) is 0.316. The Morgan fingerprint density at radius 3 is 2.78 bits per heavy atom. The van der Waals surface area contributed by atoms with Gasteiger partial charge in [0.05, 0.1) is 18.2 Å². The van der Waals surface area contributed by atoms with Gasteiger partial charge in [-0.25, -0.2) is 0 Å². The number of nitrogens with one attached hydrogen (secondary N) is 2. The molecule has 0 spiro atoms. The Morgan fingerprint density at radius 2 is 2.07 bits per heavy atom. The molecule has 3 rings (SSSR count). The number of thiocarbonyl (C=S) groups is 1. The number of primary amides is 1. The summed E-state index contributed by atoms with van der Waals surface area (Å²) in [5.41, 5.74) is 7.47. The molecular weight excluding hydrogens is 382 g/mol. The topological polar surface area (TPSA) is 93.4 Å². The summed E-state index contributed by atoms with van der Waals surface area (Å²) in [6.45, 7) is 2.19. The lowest BCUT2D eigenvalue weighted by molar-refractivity contribution is 0.0972. The minimum Gasteiger partial charge on any atom is -0.496 e. The van der Waals surface area contributed by atoms with E-state index in [9.17, 15) is 9.59 Å². The maximum Gasteiger partial charge on any atom is 0.261 e. The van der Waals surface area contributed by atoms with Crippen molar-refractivity contribution in [1.29, 1.82) is 0 Å². The summed E-state index contributed by atoms with van der Waals surface area (Å²) in [7, 11) is 1.50. The Kier molecular flexibility index (Phi) is 5.76. The number of thiophene rings is 1. The third-order valence-corrected chi connectivity index (χ3v) is 5.94. The minimum absolute atomic E-state index is 0.111. The number of benzene rings is 1. The van der Waals surface area contributed by atoms with Gasteiger partial charge in [0.1, 0.15) is 10.8 Å². The summed E-state index contributed by atoms with van der Waals surface area (Å²) in [6.07, 6.45) is 2.77.